The summed E-state index contributed by atoms with van der Waals surface area (Å²) >= 11 is 0. The van der Waals surface area contributed by atoms with Gasteiger partial charge in [-0.2, -0.15) is 0 Å². The maximum Gasteiger partial charge on any atom is 0.275 e. The van der Waals surface area contributed by atoms with E-state index in [1.165, 1.54) is 0 Å². The van der Waals surface area contributed by atoms with Crippen LogP contribution >= 0.6 is 0 Å². The summed E-state index contributed by atoms with van der Waals surface area (Å²) in [5.41, 5.74) is -1.45. The van der Waals surface area contributed by atoms with Gasteiger partial charge in [0.05, 0.1) is 17.1 Å². The minimum atomic E-state index is -0.950. The quantitative estimate of drug-likeness (QED) is 0.636. The number of hydrogen-bond donors (Lipinski definition) is 1. The van der Waals surface area contributed by atoms with E-state index >= 15 is 0 Å². The third-order valence-corrected chi connectivity index (χ3v) is 4.35. The number of hydrogen-bond acceptors (Lipinski definition) is 5. The molecule has 1 heterocycles. The molecule has 0 spiro atoms. The van der Waals surface area contributed by atoms with Gasteiger partial charge in [0.2, 0.25) is 0 Å². The number of rotatable bonds is 6. The van der Waals surface area contributed by atoms with E-state index in [4.69, 9.17) is 0 Å². The number of halogens is 2. The van der Waals surface area contributed by atoms with E-state index in [2.05, 4.69) is 22.2 Å². The SMILES string of the molecule is CN1CCN(CCC(C)(C)Nc2c(F)cc([N+](=O)[O-])cc2F)CC1. The summed E-state index contributed by atoms with van der Waals surface area (Å²) in [5, 5.41) is 13.5. The molecule has 1 aliphatic heterocycles. The maximum atomic E-state index is 14.0. The molecule has 0 amide bonds. The number of nitro groups is 1. The van der Waals surface area contributed by atoms with E-state index in [9.17, 15) is 18.9 Å². The summed E-state index contributed by atoms with van der Waals surface area (Å²) in [6.45, 7) is 8.54. The van der Waals surface area contributed by atoms with Gasteiger partial charge < -0.3 is 15.1 Å². The molecule has 0 bridgehead atoms. The summed E-state index contributed by atoms with van der Waals surface area (Å²) in [7, 11) is 2.09. The molecular formula is C16H24F2N4O2. The maximum absolute atomic E-state index is 14.0. The van der Waals surface area contributed by atoms with Crippen molar-refractivity contribution in [2.45, 2.75) is 25.8 Å². The third kappa shape index (κ3) is 4.85. The van der Waals surface area contributed by atoms with Gasteiger partial charge in [-0.05, 0) is 27.3 Å². The van der Waals surface area contributed by atoms with Crippen LogP contribution in [0, 0.1) is 21.7 Å². The summed E-state index contributed by atoms with van der Waals surface area (Å²) < 4.78 is 28.0. The Hall–Kier alpha value is -1.80. The van der Waals surface area contributed by atoms with E-state index in [1.54, 1.807) is 0 Å². The lowest BCUT2D eigenvalue weighted by Gasteiger charge is -2.35. The number of likely N-dealkylation sites (N-methyl/N-ethyl adjacent to an activating group) is 1. The average molecular weight is 342 g/mol. The van der Waals surface area contributed by atoms with Crippen LogP contribution in [-0.4, -0.2) is 60.0 Å². The van der Waals surface area contributed by atoms with Gasteiger partial charge in [-0.25, -0.2) is 8.78 Å². The monoisotopic (exact) mass is 342 g/mol. The third-order valence-electron chi connectivity index (χ3n) is 4.35. The van der Waals surface area contributed by atoms with Crippen molar-refractivity contribution >= 4 is 11.4 Å². The summed E-state index contributed by atoms with van der Waals surface area (Å²) in [6, 6.07) is 1.48. The van der Waals surface area contributed by atoms with Crippen LogP contribution in [0.25, 0.3) is 0 Å². The first-order valence-electron chi connectivity index (χ1n) is 8.00. The van der Waals surface area contributed by atoms with Gasteiger partial charge in [-0.1, -0.05) is 0 Å². The molecule has 24 heavy (non-hydrogen) atoms. The topological polar surface area (TPSA) is 61.6 Å². The molecule has 1 aromatic carbocycles. The second-order valence-corrected chi connectivity index (χ2v) is 6.95. The molecule has 1 N–H and O–H groups in total. The highest BCUT2D eigenvalue weighted by Gasteiger charge is 2.25. The van der Waals surface area contributed by atoms with Crippen molar-refractivity contribution in [3.05, 3.63) is 33.9 Å². The first kappa shape index (κ1) is 18.5. The molecule has 0 atom stereocenters. The van der Waals surface area contributed by atoms with Crippen LogP contribution in [0.5, 0.6) is 0 Å². The summed E-state index contributed by atoms with van der Waals surface area (Å²) in [6.07, 6.45) is 0.701. The van der Waals surface area contributed by atoms with Crippen LogP contribution in [0.1, 0.15) is 20.3 Å². The Bertz CT molecular complexity index is 579. The molecular weight excluding hydrogens is 318 g/mol. The summed E-state index contributed by atoms with van der Waals surface area (Å²) in [4.78, 5) is 14.4. The predicted molar refractivity (Wildman–Crippen MR) is 89.3 cm³/mol. The molecule has 0 aliphatic carbocycles. The van der Waals surface area contributed by atoms with Gasteiger partial charge in [0.1, 0.15) is 5.69 Å². The van der Waals surface area contributed by atoms with Crippen molar-refractivity contribution in [2.24, 2.45) is 0 Å². The largest absolute Gasteiger partial charge is 0.375 e. The van der Waals surface area contributed by atoms with E-state index in [0.29, 0.717) is 6.42 Å². The first-order valence-corrected chi connectivity index (χ1v) is 8.00. The molecule has 1 aliphatic rings. The van der Waals surface area contributed by atoms with Crippen LogP contribution in [0.2, 0.25) is 0 Å². The predicted octanol–water partition coefficient (Wildman–Crippen LogP) is 2.70. The fourth-order valence-electron chi connectivity index (χ4n) is 2.69. The Kier molecular flexibility index (Phi) is 5.71. The fraction of sp³-hybridized carbons (Fsp3) is 0.625. The molecule has 8 heteroatoms. The van der Waals surface area contributed by atoms with Gasteiger partial charge >= 0.3 is 0 Å². The lowest BCUT2D eigenvalue weighted by Crippen LogP contribution is -2.46. The zero-order valence-electron chi connectivity index (χ0n) is 14.3. The lowest BCUT2D eigenvalue weighted by atomic mass is 9.99. The smallest absolute Gasteiger partial charge is 0.275 e. The van der Waals surface area contributed by atoms with Gasteiger partial charge in [0.15, 0.2) is 11.6 Å². The number of nitro benzene ring substituents is 1. The van der Waals surface area contributed by atoms with Gasteiger partial charge in [0.25, 0.3) is 5.69 Å². The number of piperazine rings is 1. The minimum absolute atomic E-state index is 0.316. The number of nitrogens with zero attached hydrogens (tertiary/aromatic N) is 3. The second kappa shape index (κ2) is 7.40. The Balaban J connectivity index is 1.99. The van der Waals surface area contributed by atoms with E-state index in [0.717, 1.165) is 44.9 Å². The molecule has 6 nitrogen and oxygen atoms in total. The second-order valence-electron chi connectivity index (χ2n) is 6.95. The van der Waals surface area contributed by atoms with E-state index in [-0.39, 0.29) is 5.69 Å². The van der Waals surface area contributed by atoms with Crippen molar-refractivity contribution in [3.63, 3.8) is 0 Å². The number of non-ortho nitro benzene ring substituents is 1. The molecule has 0 aromatic heterocycles. The number of anilines is 1. The minimum Gasteiger partial charge on any atom is -0.375 e. The van der Waals surface area contributed by atoms with Crippen LogP contribution in [0.4, 0.5) is 20.2 Å². The molecule has 1 saturated heterocycles. The van der Waals surface area contributed by atoms with Crippen molar-refractivity contribution in [1.82, 2.24) is 9.80 Å². The molecule has 2 rings (SSSR count). The highest BCUT2D eigenvalue weighted by atomic mass is 19.1. The van der Waals surface area contributed by atoms with Crippen LogP contribution < -0.4 is 5.32 Å². The van der Waals surface area contributed by atoms with E-state index in [1.807, 2.05) is 13.8 Å². The van der Waals surface area contributed by atoms with Crippen molar-refractivity contribution in [2.75, 3.05) is 45.1 Å². The highest BCUT2D eigenvalue weighted by Crippen LogP contribution is 2.28. The zero-order chi connectivity index (χ0) is 17.9. The lowest BCUT2D eigenvalue weighted by molar-refractivity contribution is -0.385. The molecule has 1 fully saturated rings. The van der Waals surface area contributed by atoms with Gasteiger partial charge in [0, 0.05) is 38.3 Å². The Labute approximate surface area is 140 Å². The van der Waals surface area contributed by atoms with E-state index < -0.39 is 27.8 Å². The van der Waals surface area contributed by atoms with Gasteiger partial charge in [-0.15, -0.1) is 0 Å². The zero-order valence-corrected chi connectivity index (χ0v) is 14.3. The number of nitrogens with one attached hydrogen (secondary N) is 1. The van der Waals surface area contributed by atoms with Crippen LogP contribution in [0.15, 0.2) is 12.1 Å². The molecule has 0 saturated carbocycles. The van der Waals surface area contributed by atoms with Crippen molar-refractivity contribution in [1.29, 1.82) is 0 Å². The van der Waals surface area contributed by atoms with Crippen LogP contribution in [0.3, 0.4) is 0 Å². The average Bonchev–Trinajstić information content (AvgIpc) is 2.50. The number of benzene rings is 1. The Morgan fingerprint density at radius 1 is 1.21 bits per heavy atom. The molecule has 0 unspecified atom stereocenters. The standard InChI is InChI=1S/C16H24F2N4O2/c1-16(2,4-5-21-8-6-20(3)7-9-21)19-15-13(17)10-12(22(23)24)11-14(15)18/h10-11,19H,4-9H2,1-3H3. The van der Waals surface area contributed by atoms with Gasteiger partial charge in [-0.3, -0.25) is 10.1 Å². The Morgan fingerprint density at radius 2 is 1.75 bits per heavy atom. The molecule has 1 aromatic rings. The molecule has 0 radical (unpaired) electrons. The van der Waals surface area contributed by atoms with Crippen molar-refractivity contribution in [3.8, 4) is 0 Å². The first-order chi connectivity index (χ1) is 11.2. The van der Waals surface area contributed by atoms with Crippen molar-refractivity contribution < 1.29 is 13.7 Å². The molecule has 134 valence electrons. The fourth-order valence-corrected chi connectivity index (χ4v) is 2.69. The van der Waals surface area contributed by atoms with Crippen LogP contribution in [-0.2, 0) is 0 Å². The Morgan fingerprint density at radius 3 is 2.25 bits per heavy atom. The summed E-state index contributed by atoms with van der Waals surface area (Å²) in [5.74, 6) is -1.90. The normalized spacial score (nSPS) is 17.0. The highest BCUT2D eigenvalue weighted by molar-refractivity contribution is 5.53.